The first-order chi connectivity index (χ1) is 18.5. The molecule has 3 unspecified atom stereocenters. The molecule has 1 heterocycles. The van der Waals surface area contributed by atoms with E-state index in [-0.39, 0.29) is 41.5 Å². The first-order valence-corrected chi connectivity index (χ1v) is 12.3. The number of hydrogen-bond acceptors (Lipinski definition) is 7. The van der Waals surface area contributed by atoms with E-state index in [2.05, 4.69) is 9.97 Å². The predicted octanol–water partition coefficient (Wildman–Crippen LogP) is 5.82. The van der Waals surface area contributed by atoms with Crippen LogP contribution in [0.2, 0.25) is 0 Å². The number of allylic oxidation sites excluding steroid dienone is 2. The van der Waals surface area contributed by atoms with Crippen LogP contribution in [-0.2, 0) is 4.79 Å². The Labute approximate surface area is 235 Å². The van der Waals surface area contributed by atoms with Gasteiger partial charge in [-0.05, 0) is 54.4 Å². The Morgan fingerprint density at radius 2 is 1.85 bits per heavy atom. The molecule has 0 aliphatic heterocycles. The minimum Gasteiger partial charge on any atom is -0.496 e. The molecular weight excluding hydrogens is 549 g/mol. The maximum absolute atomic E-state index is 14.3. The third-order valence-electron chi connectivity index (χ3n) is 6.63. The summed E-state index contributed by atoms with van der Waals surface area (Å²) in [6, 6.07) is 14.0. The number of alkyl halides is 3. The zero-order chi connectivity index (χ0) is 28.2. The minimum absolute atomic E-state index is 0. The van der Waals surface area contributed by atoms with Crippen LogP contribution >= 0.6 is 12.4 Å². The summed E-state index contributed by atoms with van der Waals surface area (Å²) in [4.78, 5) is 19.1. The van der Waals surface area contributed by atoms with E-state index in [0.29, 0.717) is 36.9 Å². The predicted molar refractivity (Wildman–Crippen MR) is 147 cm³/mol. The highest BCUT2D eigenvalue weighted by atomic mass is 35.5. The summed E-state index contributed by atoms with van der Waals surface area (Å²) in [6.45, 7) is 0. The van der Waals surface area contributed by atoms with Crippen molar-refractivity contribution >= 4 is 29.9 Å². The number of aliphatic carboxylic acids is 1. The van der Waals surface area contributed by atoms with E-state index in [9.17, 15) is 18.0 Å². The fraction of sp³-hybridized carbons (Fsp3) is 0.321. The number of nitrogens with zero attached hydrogens (tertiary/aromatic N) is 2. The molecule has 3 atom stereocenters. The second-order valence-corrected chi connectivity index (χ2v) is 9.36. The van der Waals surface area contributed by atoms with Crippen LogP contribution in [0.15, 0.2) is 60.7 Å². The number of anilines is 1. The topological polar surface area (TPSA) is 134 Å². The Hall–Kier alpha value is -3.83. The van der Waals surface area contributed by atoms with Crippen LogP contribution in [0.5, 0.6) is 11.6 Å². The van der Waals surface area contributed by atoms with Gasteiger partial charge in [-0.1, -0.05) is 48.5 Å². The summed E-state index contributed by atoms with van der Waals surface area (Å²) in [5, 5.41) is 9.04. The van der Waals surface area contributed by atoms with Crippen molar-refractivity contribution in [3.05, 3.63) is 71.9 Å². The van der Waals surface area contributed by atoms with Gasteiger partial charge in [-0.2, -0.15) is 18.2 Å². The van der Waals surface area contributed by atoms with E-state index in [1.54, 1.807) is 6.07 Å². The molecule has 0 fully saturated rings. The van der Waals surface area contributed by atoms with Crippen molar-refractivity contribution in [2.24, 2.45) is 11.7 Å². The van der Waals surface area contributed by atoms with E-state index in [1.807, 2.05) is 36.4 Å². The monoisotopic (exact) mass is 578 g/mol. The second-order valence-electron chi connectivity index (χ2n) is 9.36. The molecule has 0 spiro atoms. The summed E-state index contributed by atoms with van der Waals surface area (Å²) < 4.78 is 53.6. The SMILES string of the molecule is COc1cc(-c2ccccc2)ccc1C(Oc1cc(C2=CCC(CC(N)C(=O)O)CC2)nc(N)n1)C(F)(F)F.Cl. The van der Waals surface area contributed by atoms with Gasteiger partial charge in [0.05, 0.1) is 12.8 Å². The maximum atomic E-state index is 14.3. The smallest absolute Gasteiger partial charge is 0.429 e. The van der Waals surface area contributed by atoms with Crippen LogP contribution in [0.4, 0.5) is 19.1 Å². The molecule has 2 aromatic carbocycles. The number of aromatic nitrogens is 2. The minimum atomic E-state index is -4.79. The molecular formula is C28H30ClF3N4O4. The van der Waals surface area contributed by atoms with Gasteiger partial charge in [0.15, 0.2) is 0 Å². The van der Waals surface area contributed by atoms with Crippen molar-refractivity contribution in [3.63, 3.8) is 0 Å². The lowest BCUT2D eigenvalue weighted by Gasteiger charge is -2.25. The van der Waals surface area contributed by atoms with Crippen molar-refractivity contribution in [2.45, 2.75) is 44.0 Å². The fourth-order valence-electron chi connectivity index (χ4n) is 4.63. The average Bonchev–Trinajstić information content (AvgIpc) is 2.91. The van der Waals surface area contributed by atoms with Crippen LogP contribution in [0, 0.1) is 5.92 Å². The summed E-state index contributed by atoms with van der Waals surface area (Å²) in [5.74, 6) is -1.52. The summed E-state index contributed by atoms with van der Waals surface area (Å²) >= 11 is 0. The molecule has 0 radical (unpaired) electrons. The number of halogens is 4. The number of nitrogens with two attached hydrogens (primary N) is 2. The van der Waals surface area contributed by atoms with Gasteiger partial charge in [0, 0.05) is 11.6 Å². The molecule has 0 amide bonds. The maximum Gasteiger partial charge on any atom is 0.429 e. The Morgan fingerprint density at radius 3 is 2.45 bits per heavy atom. The Morgan fingerprint density at radius 1 is 1.12 bits per heavy atom. The van der Waals surface area contributed by atoms with Crippen molar-refractivity contribution < 1.29 is 32.5 Å². The average molecular weight is 579 g/mol. The van der Waals surface area contributed by atoms with Crippen LogP contribution < -0.4 is 20.9 Å². The number of carboxylic acids is 1. The van der Waals surface area contributed by atoms with E-state index >= 15 is 0 Å². The lowest BCUT2D eigenvalue weighted by Crippen LogP contribution is -2.32. The number of nitrogen functional groups attached to an aromatic ring is 1. The van der Waals surface area contributed by atoms with Gasteiger partial charge in [0.1, 0.15) is 11.8 Å². The Balaban J connectivity index is 0.00000441. The van der Waals surface area contributed by atoms with E-state index in [0.717, 1.165) is 11.1 Å². The number of methoxy groups -OCH3 is 1. The molecule has 5 N–H and O–H groups in total. The first kappa shape index (κ1) is 30.7. The molecule has 3 aromatic rings. The molecule has 12 heteroatoms. The quantitative estimate of drug-likeness (QED) is 0.289. The van der Waals surface area contributed by atoms with Crippen LogP contribution in [-0.4, -0.2) is 40.4 Å². The molecule has 8 nitrogen and oxygen atoms in total. The number of hydrogen-bond donors (Lipinski definition) is 3. The van der Waals surface area contributed by atoms with Crippen molar-refractivity contribution in [1.82, 2.24) is 9.97 Å². The van der Waals surface area contributed by atoms with Gasteiger partial charge in [0.2, 0.25) is 17.9 Å². The third kappa shape index (κ3) is 7.42. The highest BCUT2D eigenvalue weighted by Crippen LogP contribution is 2.42. The third-order valence-corrected chi connectivity index (χ3v) is 6.63. The van der Waals surface area contributed by atoms with Gasteiger partial charge in [-0.3, -0.25) is 4.79 Å². The first-order valence-electron chi connectivity index (χ1n) is 12.3. The molecule has 1 aliphatic rings. The summed E-state index contributed by atoms with van der Waals surface area (Å²) in [6.07, 6.45) is -3.21. The molecule has 214 valence electrons. The zero-order valence-electron chi connectivity index (χ0n) is 21.6. The van der Waals surface area contributed by atoms with Crippen LogP contribution in [0.3, 0.4) is 0 Å². The summed E-state index contributed by atoms with van der Waals surface area (Å²) in [7, 11) is 1.30. The number of benzene rings is 2. The normalized spacial score (nSPS) is 16.7. The molecule has 40 heavy (non-hydrogen) atoms. The molecule has 4 rings (SSSR count). The fourth-order valence-corrected chi connectivity index (χ4v) is 4.63. The van der Waals surface area contributed by atoms with E-state index in [4.69, 9.17) is 26.0 Å². The van der Waals surface area contributed by atoms with Gasteiger partial charge in [-0.25, -0.2) is 4.98 Å². The van der Waals surface area contributed by atoms with Crippen LogP contribution in [0.25, 0.3) is 16.7 Å². The van der Waals surface area contributed by atoms with Crippen molar-refractivity contribution in [1.29, 1.82) is 0 Å². The van der Waals surface area contributed by atoms with Gasteiger partial charge in [-0.15, -0.1) is 12.4 Å². The Bertz CT molecular complexity index is 1360. The molecule has 1 aromatic heterocycles. The van der Waals surface area contributed by atoms with Crippen molar-refractivity contribution in [3.8, 4) is 22.8 Å². The van der Waals surface area contributed by atoms with E-state index < -0.39 is 24.3 Å². The molecule has 1 aliphatic carbocycles. The second kappa shape index (κ2) is 13.0. The van der Waals surface area contributed by atoms with Gasteiger partial charge < -0.3 is 26.0 Å². The lowest BCUT2D eigenvalue weighted by atomic mass is 9.84. The number of carbonyl (C=O) groups is 1. The molecule has 0 bridgehead atoms. The summed E-state index contributed by atoms with van der Waals surface area (Å²) in [5.41, 5.74) is 13.9. The standard InChI is InChI=1S/C28H29F3N4O4.ClH/c1-38-23-14-19(17-5-3-2-4-6-17)11-12-20(23)25(28(29,30)31)39-24-15-22(34-27(33)35-24)18-9-7-16(8-10-18)13-21(32)26(36)37;/h2-6,9,11-12,14-16,21,25H,7-8,10,13,32H2,1H3,(H,36,37)(H2,33,34,35);1H. The number of rotatable bonds is 9. The largest absolute Gasteiger partial charge is 0.496 e. The molecule has 0 saturated heterocycles. The highest BCUT2D eigenvalue weighted by molar-refractivity contribution is 5.85. The molecule has 0 saturated carbocycles. The van der Waals surface area contributed by atoms with Gasteiger partial charge >= 0.3 is 12.1 Å². The Kier molecular flexibility index (Phi) is 9.99. The van der Waals surface area contributed by atoms with Gasteiger partial charge in [0.25, 0.3) is 0 Å². The van der Waals surface area contributed by atoms with E-state index in [1.165, 1.54) is 25.3 Å². The number of ether oxygens (including phenoxy) is 2. The highest BCUT2D eigenvalue weighted by Gasteiger charge is 2.45. The van der Waals surface area contributed by atoms with Crippen LogP contribution in [0.1, 0.15) is 43.0 Å². The number of carboxylic acid groups (broad SMARTS) is 1. The zero-order valence-corrected chi connectivity index (χ0v) is 22.4. The van der Waals surface area contributed by atoms with Crippen molar-refractivity contribution in [2.75, 3.05) is 12.8 Å². The lowest BCUT2D eigenvalue weighted by molar-refractivity contribution is -0.199.